The zero-order valence-corrected chi connectivity index (χ0v) is 13.2. The molecular formula is C14H15ClN4O5. The van der Waals surface area contributed by atoms with Crippen LogP contribution in [-0.2, 0) is 4.79 Å². The lowest BCUT2D eigenvalue weighted by Crippen LogP contribution is -2.36. The van der Waals surface area contributed by atoms with Crippen molar-refractivity contribution < 1.29 is 19.9 Å². The van der Waals surface area contributed by atoms with E-state index >= 15 is 0 Å². The van der Waals surface area contributed by atoms with E-state index in [1.165, 1.54) is 12.1 Å². The number of amides is 1. The van der Waals surface area contributed by atoms with Gasteiger partial charge in [-0.3, -0.25) is 14.9 Å². The molecule has 10 heteroatoms. The molecule has 0 atom stereocenters. The first kappa shape index (κ1) is 19.4. The molecule has 0 aliphatic carbocycles. The Hall–Kier alpha value is -2.67. The molecule has 0 aliphatic rings. The highest BCUT2D eigenvalue weighted by molar-refractivity contribution is 6.32. The van der Waals surface area contributed by atoms with E-state index in [1.807, 2.05) is 0 Å². The van der Waals surface area contributed by atoms with E-state index in [0.29, 0.717) is 0 Å². The number of carbonyl (C=O) groups is 1. The Bertz CT molecular complexity index is 680. The number of nitrogens with zero attached hydrogens (tertiary/aromatic N) is 3. The first-order chi connectivity index (χ1) is 11.4. The molecule has 0 fully saturated rings. The quantitative estimate of drug-likeness (QED) is 0.272. The van der Waals surface area contributed by atoms with Crippen LogP contribution in [0.2, 0.25) is 5.02 Å². The molecule has 0 aromatic heterocycles. The Morgan fingerprint density at radius 3 is 2.54 bits per heavy atom. The summed E-state index contributed by atoms with van der Waals surface area (Å²) in [6, 6.07) is 5.63. The molecule has 0 heterocycles. The summed E-state index contributed by atoms with van der Waals surface area (Å²) in [4.78, 5) is 23.4. The number of anilines is 1. The maximum Gasteiger partial charge on any atom is 0.289 e. The summed E-state index contributed by atoms with van der Waals surface area (Å²) in [5, 5.41) is 40.3. The van der Waals surface area contributed by atoms with Gasteiger partial charge in [-0.2, -0.15) is 5.26 Å². The van der Waals surface area contributed by atoms with Crippen LogP contribution in [0.25, 0.3) is 0 Å². The summed E-state index contributed by atoms with van der Waals surface area (Å²) in [5.41, 5.74) is -0.334. The number of halogens is 1. The Morgan fingerprint density at radius 1 is 1.42 bits per heavy atom. The minimum atomic E-state index is -0.684. The number of nitriles is 1. The van der Waals surface area contributed by atoms with E-state index in [4.69, 9.17) is 27.1 Å². The lowest BCUT2D eigenvalue weighted by molar-refractivity contribution is -0.384. The van der Waals surface area contributed by atoms with Gasteiger partial charge in [0, 0.05) is 31.0 Å². The van der Waals surface area contributed by atoms with Gasteiger partial charge in [-0.25, -0.2) is 0 Å². The summed E-state index contributed by atoms with van der Waals surface area (Å²) in [7, 11) is 0. The van der Waals surface area contributed by atoms with Gasteiger partial charge in [-0.1, -0.05) is 11.6 Å². The molecule has 3 N–H and O–H groups in total. The fourth-order valence-electron chi connectivity index (χ4n) is 1.77. The van der Waals surface area contributed by atoms with Crippen LogP contribution in [0.15, 0.2) is 30.0 Å². The largest absolute Gasteiger partial charge is 0.395 e. The first-order valence-corrected chi connectivity index (χ1v) is 7.14. The van der Waals surface area contributed by atoms with Gasteiger partial charge in [0.15, 0.2) is 0 Å². The topological polar surface area (TPSA) is 140 Å². The molecule has 0 saturated heterocycles. The third kappa shape index (κ3) is 5.20. The number of hydrogen-bond donors (Lipinski definition) is 3. The molecule has 9 nitrogen and oxygen atoms in total. The van der Waals surface area contributed by atoms with Crippen molar-refractivity contribution in [3.63, 3.8) is 0 Å². The summed E-state index contributed by atoms with van der Waals surface area (Å²) in [6.07, 6.45) is 1.09. The monoisotopic (exact) mass is 354 g/mol. The van der Waals surface area contributed by atoms with Gasteiger partial charge in [-0.05, 0) is 12.1 Å². The molecule has 1 aromatic carbocycles. The summed E-state index contributed by atoms with van der Waals surface area (Å²) in [6.45, 7) is -0.710. The molecule has 128 valence electrons. The average molecular weight is 355 g/mol. The summed E-state index contributed by atoms with van der Waals surface area (Å²) >= 11 is 5.70. The molecule has 0 saturated carbocycles. The van der Waals surface area contributed by atoms with Gasteiger partial charge in [-0.15, -0.1) is 0 Å². The number of rotatable bonds is 8. The third-order valence-electron chi connectivity index (χ3n) is 2.90. The molecule has 0 unspecified atom stereocenters. The standard InChI is InChI=1S/C14H15ClN4O5/c15-12-2-1-11(7-13(12)19(23)24)17-9-10(8-16)14(22)18(3-5-20)4-6-21/h1-2,7,9,17,20-21H,3-6H2/b10-9-. The number of carbonyl (C=O) groups excluding carboxylic acids is 1. The van der Waals surface area contributed by atoms with Gasteiger partial charge in [0.1, 0.15) is 16.7 Å². The number of aliphatic hydroxyl groups is 2. The van der Waals surface area contributed by atoms with Crippen LogP contribution >= 0.6 is 11.6 Å². The molecular weight excluding hydrogens is 340 g/mol. The van der Waals surface area contributed by atoms with Crippen LogP contribution in [0.4, 0.5) is 11.4 Å². The van der Waals surface area contributed by atoms with E-state index in [0.717, 1.165) is 17.2 Å². The summed E-state index contributed by atoms with van der Waals surface area (Å²) in [5.74, 6) is -0.684. The number of nitrogens with one attached hydrogen (secondary N) is 1. The molecule has 1 amide bonds. The van der Waals surface area contributed by atoms with Gasteiger partial charge in [0.2, 0.25) is 0 Å². The van der Waals surface area contributed by atoms with Gasteiger partial charge >= 0.3 is 0 Å². The fourth-order valence-corrected chi connectivity index (χ4v) is 1.95. The van der Waals surface area contributed by atoms with Crippen LogP contribution in [0.3, 0.4) is 0 Å². The number of hydrogen-bond acceptors (Lipinski definition) is 7. The second kappa shape index (κ2) is 9.46. The molecule has 24 heavy (non-hydrogen) atoms. The highest BCUT2D eigenvalue weighted by atomic mass is 35.5. The zero-order chi connectivity index (χ0) is 18.1. The lowest BCUT2D eigenvalue weighted by Gasteiger charge is -2.20. The number of aliphatic hydroxyl groups excluding tert-OH is 2. The van der Waals surface area contributed by atoms with Crippen LogP contribution in [0.5, 0.6) is 0 Å². The van der Waals surface area contributed by atoms with Gasteiger partial charge < -0.3 is 20.4 Å². The van der Waals surface area contributed by atoms with E-state index in [-0.39, 0.29) is 48.3 Å². The first-order valence-electron chi connectivity index (χ1n) is 6.76. The third-order valence-corrected chi connectivity index (χ3v) is 3.22. The molecule has 0 aliphatic heterocycles. The second-order valence-corrected chi connectivity index (χ2v) is 4.88. The predicted molar refractivity (Wildman–Crippen MR) is 86.2 cm³/mol. The van der Waals surface area contributed by atoms with Crippen LogP contribution < -0.4 is 5.32 Å². The highest BCUT2D eigenvalue weighted by Crippen LogP contribution is 2.27. The Balaban J connectivity index is 2.97. The maximum absolute atomic E-state index is 12.1. The second-order valence-electron chi connectivity index (χ2n) is 4.48. The molecule has 1 aromatic rings. The van der Waals surface area contributed by atoms with Gasteiger partial charge in [0.25, 0.3) is 11.6 Å². The minimum absolute atomic E-state index is 0.0369. The van der Waals surface area contributed by atoms with Crippen molar-refractivity contribution in [1.29, 1.82) is 5.26 Å². The van der Waals surface area contributed by atoms with Crippen LogP contribution in [0.1, 0.15) is 0 Å². The number of nitro benzene ring substituents is 1. The van der Waals surface area contributed by atoms with Crippen molar-refractivity contribution in [1.82, 2.24) is 4.90 Å². The minimum Gasteiger partial charge on any atom is -0.395 e. The molecule has 1 rings (SSSR count). The SMILES string of the molecule is N#C/C(=C/Nc1ccc(Cl)c([N+](=O)[O-])c1)C(=O)N(CCO)CCO. The Labute approximate surface area is 142 Å². The molecule has 0 bridgehead atoms. The smallest absolute Gasteiger partial charge is 0.289 e. The number of nitro groups is 1. The van der Waals surface area contributed by atoms with Crippen molar-refractivity contribution in [3.8, 4) is 6.07 Å². The zero-order valence-electron chi connectivity index (χ0n) is 12.5. The van der Waals surface area contributed by atoms with Crippen molar-refractivity contribution in [2.75, 3.05) is 31.6 Å². The Morgan fingerprint density at radius 2 is 2.04 bits per heavy atom. The van der Waals surface area contributed by atoms with Crippen molar-refractivity contribution in [3.05, 3.63) is 45.1 Å². The normalized spacial score (nSPS) is 10.8. The van der Waals surface area contributed by atoms with Crippen molar-refractivity contribution in [2.24, 2.45) is 0 Å². The molecule has 0 spiro atoms. The van der Waals surface area contributed by atoms with Crippen molar-refractivity contribution in [2.45, 2.75) is 0 Å². The lowest BCUT2D eigenvalue weighted by atomic mass is 10.2. The van der Waals surface area contributed by atoms with E-state index in [2.05, 4.69) is 5.32 Å². The van der Waals surface area contributed by atoms with Gasteiger partial charge in [0.05, 0.1) is 18.1 Å². The fraction of sp³-hybridized carbons (Fsp3) is 0.286. The summed E-state index contributed by atoms with van der Waals surface area (Å²) < 4.78 is 0. The van der Waals surface area contributed by atoms with Crippen molar-refractivity contribution >= 4 is 28.9 Å². The van der Waals surface area contributed by atoms with E-state index in [9.17, 15) is 14.9 Å². The van der Waals surface area contributed by atoms with Crippen LogP contribution in [-0.4, -0.2) is 52.2 Å². The predicted octanol–water partition coefficient (Wildman–Crippen LogP) is 0.881. The highest BCUT2D eigenvalue weighted by Gasteiger charge is 2.18. The maximum atomic E-state index is 12.1. The van der Waals surface area contributed by atoms with Crippen LogP contribution in [0, 0.1) is 21.4 Å². The number of benzene rings is 1. The average Bonchev–Trinajstić information content (AvgIpc) is 2.56. The van der Waals surface area contributed by atoms with E-state index < -0.39 is 10.8 Å². The van der Waals surface area contributed by atoms with E-state index in [1.54, 1.807) is 6.07 Å². The Kier molecular flexibility index (Phi) is 7.64. The molecule has 0 radical (unpaired) electrons.